The first kappa shape index (κ1) is 14.3. The zero-order valence-corrected chi connectivity index (χ0v) is 12.1. The first-order valence-corrected chi connectivity index (χ1v) is 7.75. The predicted molar refractivity (Wildman–Crippen MR) is 74.6 cm³/mol. The number of hydrogen-bond donors (Lipinski definition) is 1. The van der Waals surface area contributed by atoms with Crippen LogP contribution in [0.3, 0.4) is 0 Å². The topological polar surface area (TPSA) is 54.0 Å². The lowest BCUT2D eigenvalue weighted by Gasteiger charge is -2.32. The van der Waals surface area contributed by atoms with Gasteiger partial charge in [-0.15, -0.1) is 0 Å². The maximum absolute atomic E-state index is 12.3. The molecular weight excluding hydrogens is 258 g/mol. The van der Waals surface area contributed by atoms with Crippen molar-refractivity contribution in [3.63, 3.8) is 0 Å². The molecule has 3 aliphatic heterocycles. The van der Waals surface area contributed by atoms with Crippen molar-refractivity contribution in [2.75, 3.05) is 59.1 Å². The molecule has 114 valence electrons. The maximum Gasteiger partial charge on any atom is 0.225 e. The van der Waals surface area contributed by atoms with Crippen LogP contribution in [0.25, 0.3) is 0 Å². The molecule has 3 saturated heterocycles. The van der Waals surface area contributed by atoms with Crippen LogP contribution in [0.1, 0.15) is 12.8 Å². The summed E-state index contributed by atoms with van der Waals surface area (Å²) in [6, 6.07) is 0.522. The summed E-state index contributed by atoms with van der Waals surface area (Å²) < 4.78 is 11.0. The molecule has 0 bridgehead atoms. The van der Waals surface area contributed by atoms with Crippen molar-refractivity contribution in [2.45, 2.75) is 25.0 Å². The standard InChI is InChI=1S/C14H25N3O3/c18-14(9-13-10-15-2-6-20-13)17-3-1-12(11-17)16-4-7-19-8-5-16/h12-13,15H,1-11H2. The molecule has 3 heterocycles. The van der Waals surface area contributed by atoms with Crippen LogP contribution >= 0.6 is 0 Å². The minimum absolute atomic E-state index is 0.0543. The third-order valence-corrected chi connectivity index (χ3v) is 4.48. The molecule has 3 fully saturated rings. The number of hydrogen-bond acceptors (Lipinski definition) is 5. The van der Waals surface area contributed by atoms with Gasteiger partial charge in [0.25, 0.3) is 0 Å². The van der Waals surface area contributed by atoms with Gasteiger partial charge in [-0.1, -0.05) is 0 Å². The number of ether oxygens (including phenoxy) is 2. The van der Waals surface area contributed by atoms with Crippen LogP contribution in [-0.4, -0.2) is 86.9 Å². The van der Waals surface area contributed by atoms with Gasteiger partial charge in [-0.3, -0.25) is 9.69 Å². The van der Waals surface area contributed by atoms with Crippen LogP contribution in [0.15, 0.2) is 0 Å². The summed E-state index contributed by atoms with van der Waals surface area (Å²) in [4.78, 5) is 16.8. The van der Waals surface area contributed by atoms with Gasteiger partial charge in [0.2, 0.25) is 5.91 Å². The fourth-order valence-electron chi connectivity index (χ4n) is 3.28. The Labute approximate surface area is 120 Å². The third-order valence-electron chi connectivity index (χ3n) is 4.48. The molecule has 6 heteroatoms. The number of nitrogens with zero attached hydrogens (tertiary/aromatic N) is 2. The lowest BCUT2D eigenvalue weighted by Crippen LogP contribution is -2.46. The predicted octanol–water partition coefficient (Wildman–Crippen LogP) is -0.702. The van der Waals surface area contributed by atoms with Crippen LogP contribution in [0.5, 0.6) is 0 Å². The Morgan fingerprint density at radius 3 is 2.80 bits per heavy atom. The largest absolute Gasteiger partial charge is 0.379 e. The molecule has 1 amide bonds. The number of rotatable bonds is 3. The van der Waals surface area contributed by atoms with Crippen LogP contribution in [0.4, 0.5) is 0 Å². The molecular formula is C14H25N3O3. The number of likely N-dealkylation sites (tertiary alicyclic amines) is 1. The summed E-state index contributed by atoms with van der Waals surface area (Å²) in [6.07, 6.45) is 1.66. The van der Waals surface area contributed by atoms with E-state index in [0.717, 1.165) is 58.9 Å². The van der Waals surface area contributed by atoms with Crippen molar-refractivity contribution in [3.05, 3.63) is 0 Å². The van der Waals surface area contributed by atoms with E-state index in [9.17, 15) is 4.79 Å². The van der Waals surface area contributed by atoms with E-state index in [1.54, 1.807) is 0 Å². The molecule has 0 radical (unpaired) electrons. The van der Waals surface area contributed by atoms with Crippen LogP contribution in [0.2, 0.25) is 0 Å². The molecule has 0 aromatic rings. The summed E-state index contributed by atoms with van der Waals surface area (Å²) in [5.74, 6) is 0.245. The third kappa shape index (κ3) is 3.49. The average molecular weight is 283 g/mol. The second-order valence-corrected chi connectivity index (χ2v) is 5.83. The van der Waals surface area contributed by atoms with Gasteiger partial charge < -0.3 is 19.7 Å². The molecule has 0 aromatic heterocycles. The van der Waals surface area contributed by atoms with Crippen molar-refractivity contribution in [1.82, 2.24) is 15.1 Å². The number of carbonyl (C=O) groups excluding carboxylic acids is 1. The Balaban J connectivity index is 1.45. The summed E-state index contributed by atoms with van der Waals surface area (Å²) in [6.45, 7) is 7.83. The molecule has 6 nitrogen and oxygen atoms in total. The van der Waals surface area contributed by atoms with Gasteiger partial charge in [-0.2, -0.15) is 0 Å². The van der Waals surface area contributed by atoms with Gasteiger partial charge in [0.05, 0.1) is 32.3 Å². The number of morpholine rings is 2. The lowest BCUT2D eigenvalue weighted by molar-refractivity contribution is -0.133. The molecule has 0 spiro atoms. The number of amides is 1. The quantitative estimate of drug-likeness (QED) is 0.742. The van der Waals surface area contributed by atoms with E-state index < -0.39 is 0 Å². The van der Waals surface area contributed by atoms with E-state index in [0.29, 0.717) is 19.1 Å². The molecule has 1 N–H and O–H groups in total. The molecule has 2 atom stereocenters. The highest BCUT2D eigenvalue weighted by atomic mass is 16.5. The molecule has 3 rings (SSSR count). The van der Waals surface area contributed by atoms with E-state index in [1.165, 1.54) is 0 Å². The van der Waals surface area contributed by atoms with E-state index >= 15 is 0 Å². The smallest absolute Gasteiger partial charge is 0.225 e. The highest BCUT2D eigenvalue weighted by Gasteiger charge is 2.32. The van der Waals surface area contributed by atoms with E-state index in [4.69, 9.17) is 9.47 Å². The number of nitrogens with one attached hydrogen (secondary N) is 1. The Morgan fingerprint density at radius 2 is 2.05 bits per heavy atom. The van der Waals surface area contributed by atoms with Crippen LogP contribution in [-0.2, 0) is 14.3 Å². The normalized spacial score (nSPS) is 32.5. The summed E-state index contributed by atoms with van der Waals surface area (Å²) in [5.41, 5.74) is 0. The van der Waals surface area contributed by atoms with Gasteiger partial charge in [-0.05, 0) is 6.42 Å². The SMILES string of the molecule is O=C(CC1CNCCO1)N1CCC(N2CCOCC2)C1. The van der Waals surface area contributed by atoms with Crippen molar-refractivity contribution in [3.8, 4) is 0 Å². The van der Waals surface area contributed by atoms with Gasteiger partial charge in [0.15, 0.2) is 0 Å². The molecule has 2 unspecified atom stereocenters. The Bertz CT molecular complexity index is 328. The van der Waals surface area contributed by atoms with Crippen LogP contribution < -0.4 is 5.32 Å². The molecule has 0 aliphatic carbocycles. The van der Waals surface area contributed by atoms with Gasteiger partial charge in [-0.25, -0.2) is 0 Å². The molecule has 0 saturated carbocycles. The first-order chi connectivity index (χ1) is 9.83. The highest BCUT2D eigenvalue weighted by Crippen LogP contribution is 2.18. The average Bonchev–Trinajstić information content (AvgIpc) is 2.99. The molecule has 3 aliphatic rings. The summed E-state index contributed by atoms with van der Waals surface area (Å²) >= 11 is 0. The minimum Gasteiger partial charge on any atom is -0.379 e. The fourth-order valence-corrected chi connectivity index (χ4v) is 3.28. The van der Waals surface area contributed by atoms with Crippen molar-refractivity contribution >= 4 is 5.91 Å². The monoisotopic (exact) mass is 283 g/mol. The maximum atomic E-state index is 12.3. The van der Waals surface area contributed by atoms with E-state index in [-0.39, 0.29) is 12.0 Å². The van der Waals surface area contributed by atoms with Crippen molar-refractivity contribution in [2.24, 2.45) is 0 Å². The highest BCUT2D eigenvalue weighted by molar-refractivity contribution is 5.77. The Kier molecular flexibility index (Phi) is 4.88. The zero-order valence-electron chi connectivity index (χ0n) is 12.1. The Morgan fingerprint density at radius 1 is 1.20 bits per heavy atom. The Hall–Kier alpha value is -0.690. The van der Waals surface area contributed by atoms with E-state index in [2.05, 4.69) is 10.2 Å². The van der Waals surface area contributed by atoms with Gasteiger partial charge >= 0.3 is 0 Å². The summed E-state index contributed by atoms with van der Waals surface area (Å²) in [5, 5.41) is 3.27. The fraction of sp³-hybridized carbons (Fsp3) is 0.929. The van der Waals surface area contributed by atoms with Gasteiger partial charge in [0.1, 0.15) is 0 Å². The molecule has 20 heavy (non-hydrogen) atoms. The van der Waals surface area contributed by atoms with Gasteiger partial charge in [0, 0.05) is 45.3 Å². The zero-order chi connectivity index (χ0) is 13.8. The molecule has 0 aromatic carbocycles. The second kappa shape index (κ2) is 6.85. The minimum atomic E-state index is 0.0543. The van der Waals surface area contributed by atoms with Crippen molar-refractivity contribution in [1.29, 1.82) is 0 Å². The second-order valence-electron chi connectivity index (χ2n) is 5.83. The summed E-state index contributed by atoms with van der Waals surface area (Å²) in [7, 11) is 0. The lowest BCUT2D eigenvalue weighted by atomic mass is 10.2. The first-order valence-electron chi connectivity index (χ1n) is 7.75. The number of carbonyl (C=O) groups is 1. The van der Waals surface area contributed by atoms with Crippen LogP contribution in [0, 0.1) is 0 Å². The van der Waals surface area contributed by atoms with E-state index in [1.807, 2.05) is 4.90 Å². The van der Waals surface area contributed by atoms with Crippen molar-refractivity contribution < 1.29 is 14.3 Å².